The highest BCUT2D eigenvalue weighted by atomic mass is 16.5. The van der Waals surface area contributed by atoms with E-state index in [1.54, 1.807) is 36.2 Å². The summed E-state index contributed by atoms with van der Waals surface area (Å²) >= 11 is 0. The molecular formula is C29H34N6O5. The van der Waals surface area contributed by atoms with Crippen molar-refractivity contribution in [2.45, 2.75) is 31.0 Å². The molecule has 4 N–H and O–H groups in total. The lowest BCUT2D eigenvalue weighted by Crippen LogP contribution is -2.52. The van der Waals surface area contributed by atoms with Crippen molar-refractivity contribution in [3.05, 3.63) is 65.9 Å². The Balaban J connectivity index is 1.33. The Morgan fingerprint density at radius 1 is 1.07 bits per heavy atom. The molecule has 1 fully saturated rings. The second-order valence-corrected chi connectivity index (χ2v) is 10.6. The number of hydrogen-bond acceptors (Lipinski definition) is 6. The Morgan fingerprint density at radius 3 is 2.70 bits per heavy atom. The number of benzene rings is 2. The summed E-state index contributed by atoms with van der Waals surface area (Å²) < 4.78 is 6.04. The quantitative estimate of drug-likeness (QED) is 0.443. The number of aromatic nitrogens is 1. The number of H-pyrrole nitrogens is 1. The summed E-state index contributed by atoms with van der Waals surface area (Å²) in [6, 6.07) is 13.0. The van der Waals surface area contributed by atoms with Crippen molar-refractivity contribution in [3.63, 3.8) is 0 Å². The monoisotopic (exact) mass is 546 g/mol. The molecular weight excluding hydrogens is 512 g/mol. The summed E-state index contributed by atoms with van der Waals surface area (Å²) in [5.41, 5.74) is 8.39. The van der Waals surface area contributed by atoms with E-state index in [0.717, 1.165) is 16.5 Å². The van der Waals surface area contributed by atoms with Gasteiger partial charge in [-0.25, -0.2) is 0 Å². The molecule has 0 unspecified atom stereocenters. The van der Waals surface area contributed by atoms with Crippen LogP contribution >= 0.6 is 0 Å². The molecule has 0 spiro atoms. The number of hydrogen-bond donors (Lipinski definition) is 3. The number of amides is 4. The molecule has 0 aliphatic carbocycles. The first-order valence-corrected chi connectivity index (χ1v) is 13.3. The number of ether oxygens (including phenoxy) is 1. The maximum absolute atomic E-state index is 13.4. The first-order valence-electron chi connectivity index (χ1n) is 13.3. The number of rotatable bonds is 3. The standard InChI is InChI=1S/C29H34N6O5/c1-33-15-24(30)29(39)34(2)16-27(37)35-14-20(12-21(35)17-40-22-7-5-6-18(10-22)28(33)38)32-26(36)11-19-13-31-25-9-4-3-8-23(19)25/h3-10,13,20-21,24,31H,11-12,14-17,30H2,1-2H3,(H,32,36)/t20-,21+,24+/m1/s1. The van der Waals surface area contributed by atoms with Crippen molar-refractivity contribution in [3.8, 4) is 5.75 Å². The van der Waals surface area contributed by atoms with Gasteiger partial charge in [-0.05, 0) is 36.2 Å². The minimum atomic E-state index is -0.984. The average Bonchev–Trinajstić information content (AvgIpc) is 3.54. The number of likely N-dealkylation sites (N-methyl/N-ethyl adjacent to an activating group) is 2. The van der Waals surface area contributed by atoms with E-state index in [2.05, 4.69) is 10.3 Å². The second-order valence-electron chi connectivity index (χ2n) is 10.6. The summed E-state index contributed by atoms with van der Waals surface area (Å²) in [5.74, 6) is -0.640. The molecule has 2 aliphatic rings. The van der Waals surface area contributed by atoms with Crippen LogP contribution in [0.1, 0.15) is 22.3 Å². The molecule has 210 valence electrons. The molecule has 0 saturated carbocycles. The molecule has 11 heteroatoms. The Labute approximate surface area is 232 Å². The Bertz CT molecular complexity index is 1440. The van der Waals surface area contributed by atoms with Crippen molar-refractivity contribution in [1.82, 2.24) is 25.0 Å². The van der Waals surface area contributed by atoms with Gasteiger partial charge in [-0.2, -0.15) is 0 Å². The van der Waals surface area contributed by atoms with E-state index in [-0.39, 0.29) is 55.9 Å². The molecule has 2 aliphatic heterocycles. The Hall–Kier alpha value is -4.38. The second kappa shape index (κ2) is 11.4. The predicted octanol–water partition coefficient (Wildman–Crippen LogP) is 0.746. The van der Waals surface area contributed by atoms with Crippen LogP contribution in [-0.4, -0.2) is 102 Å². The third-order valence-corrected chi connectivity index (χ3v) is 7.53. The number of aromatic amines is 1. The molecule has 40 heavy (non-hydrogen) atoms. The van der Waals surface area contributed by atoms with Crippen LogP contribution in [0.3, 0.4) is 0 Å². The van der Waals surface area contributed by atoms with Gasteiger partial charge in [-0.1, -0.05) is 24.3 Å². The van der Waals surface area contributed by atoms with Crippen molar-refractivity contribution in [1.29, 1.82) is 0 Å². The summed E-state index contributed by atoms with van der Waals surface area (Å²) in [6.07, 6.45) is 2.54. The Morgan fingerprint density at radius 2 is 1.88 bits per heavy atom. The number of carbonyl (C=O) groups excluding carboxylic acids is 4. The van der Waals surface area contributed by atoms with Crippen LogP contribution in [0, 0.1) is 0 Å². The number of nitrogens with zero attached hydrogens (tertiary/aromatic N) is 3. The van der Waals surface area contributed by atoms with E-state index in [4.69, 9.17) is 10.5 Å². The molecule has 3 aromatic rings. The lowest BCUT2D eigenvalue weighted by molar-refractivity contribution is -0.141. The zero-order chi connectivity index (χ0) is 28.4. The predicted molar refractivity (Wildman–Crippen MR) is 149 cm³/mol. The van der Waals surface area contributed by atoms with Crippen LogP contribution in [-0.2, 0) is 20.8 Å². The van der Waals surface area contributed by atoms with Gasteiger partial charge in [0, 0.05) is 55.9 Å². The highest BCUT2D eigenvalue weighted by Crippen LogP contribution is 2.23. The molecule has 2 aromatic carbocycles. The largest absolute Gasteiger partial charge is 0.491 e. The first kappa shape index (κ1) is 27.2. The van der Waals surface area contributed by atoms with Gasteiger partial charge < -0.3 is 35.5 Å². The molecule has 3 atom stereocenters. The minimum absolute atomic E-state index is 0.00183. The highest BCUT2D eigenvalue weighted by molar-refractivity contribution is 5.95. The van der Waals surface area contributed by atoms with Crippen LogP contribution in [0.4, 0.5) is 0 Å². The van der Waals surface area contributed by atoms with Gasteiger partial charge in [0.2, 0.25) is 17.7 Å². The van der Waals surface area contributed by atoms with Crippen molar-refractivity contribution in [2.75, 3.05) is 40.3 Å². The van der Waals surface area contributed by atoms with E-state index in [9.17, 15) is 19.2 Å². The third-order valence-electron chi connectivity index (χ3n) is 7.53. The van der Waals surface area contributed by atoms with Gasteiger partial charge in [0.15, 0.2) is 0 Å². The summed E-state index contributed by atoms with van der Waals surface area (Å²) in [7, 11) is 3.10. The molecule has 1 aromatic heterocycles. The third kappa shape index (κ3) is 5.79. The fraction of sp³-hybridized carbons (Fsp3) is 0.379. The van der Waals surface area contributed by atoms with Crippen molar-refractivity contribution in [2.24, 2.45) is 5.73 Å². The molecule has 0 radical (unpaired) electrons. The normalized spacial score (nSPS) is 22.5. The number of nitrogens with one attached hydrogen (secondary N) is 2. The van der Waals surface area contributed by atoms with Crippen LogP contribution in [0.2, 0.25) is 0 Å². The van der Waals surface area contributed by atoms with E-state index >= 15 is 0 Å². The van der Waals surface area contributed by atoms with Gasteiger partial charge in [-0.15, -0.1) is 0 Å². The summed E-state index contributed by atoms with van der Waals surface area (Å²) in [5, 5.41) is 4.07. The van der Waals surface area contributed by atoms with Crippen LogP contribution in [0.15, 0.2) is 54.7 Å². The summed E-state index contributed by atoms with van der Waals surface area (Å²) in [6.45, 7) is 0.287. The fourth-order valence-corrected chi connectivity index (χ4v) is 5.46. The topological polar surface area (TPSA) is 141 Å². The maximum atomic E-state index is 13.4. The lowest BCUT2D eigenvalue weighted by Gasteiger charge is -2.28. The first-order chi connectivity index (χ1) is 19.2. The lowest BCUT2D eigenvalue weighted by atomic mass is 10.1. The zero-order valence-corrected chi connectivity index (χ0v) is 22.6. The zero-order valence-electron chi connectivity index (χ0n) is 22.6. The van der Waals surface area contributed by atoms with Gasteiger partial charge in [0.25, 0.3) is 5.91 Å². The van der Waals surface area contributed by atoms with E-state index in [1.165, 1.54) is 16.8 Å². The van der Waals surface area contributed by atoms with E-state index in [0.29, 0.717) is 24.3 Å². The van der Waals surface area contributed by atoms with Crippen molar-refractivity contribution >= 4 is 34.5 Å². The van der Waals surface area contributed by atoms with Crippen molar-refractivity contribution < 1.29 is 23.9 Å². The minimum Gasteiger partial charge on any atom is -0.491 e. The molecule has 4 amide bonds. The van der Waals surface area contributed by atoms with Crippen LogP contribution in [0.25, 0.3) is 10.9 Å². The van der Waals surface area contributed by atoms with E-state index in [1.807, 2.05) is 30.5 Å². The summed E-state index contributed by atoms with van der Waals surface area (Å²) in [4.78, 5) is 59.7. The fourth-order valence-electron chi connectivity index (χ4n) is 5.46. The van der Waals surface area contributed by atoms with E-state index < -0.39 is 11.9 Å². The van der Waals surface area contributed by atoms with Gasteiger partial charge in [0.1, 0.15) is 18.4 Å². The van der Waals surface area contributed by atoms with Gasteiger partial charge in [0.05, 0.1) is 19.0 Å². The molecule has 3 heterocycles. The number of para-hydroxylation sites is 1. The average molecular weight is 547 g/mol. The number of carbonyl (C=O) groups is 4. The molecule has 1 saturated heterocycles. The van der Waals surface area contributed by atoms with Crippen LogP contribution < -0.4 is 15.8 Å². The number of fused-ring (bicyclic) bond motifs is 4. The highest BCUT2D eigenvalue weighted by Gasteiger charge is 2.37. The molecule has 11 nitrogen and oxygen atoms in total. The smallest absolute Gasteiger partial charge is 0.253 e. The van der Waals surface area contributed by atoms with Crippen LogP contribution in [0.5, 0.6) is 5.75 Å². The number of nitrogens with two attached hydrogens (primary N) is 1. The molecule has 2 bridgehead atoms. The maximum Gasteiger partial charge on any atom is 0.253 e. The Kier molecular flexibility index (Phi) is 7.74. The van der Waals surface area contributed by atoms with Gasteiger partial charge >= 0.3 is 0 Å². The molecule has 5 rings (SSSR count). The SMILES string of the molecule is CN1C[C@H](N)C(=O)N(C)CC(=O)N2C[C@H](NC(=O)Cc3c[nH]c4ccccc34)C[C@H]2COc2cccc(c2)C1=O. The van der Waals surface area contributed by atoms with Gasteiger partial charge in [-0.3, -0.25) is 19.2 Å².